The third-order valence-corrected chi connectivity index (χ3v) is 3.35. The van der Waals surface area contributed by atoms with Gasteiger partial charge in [-0.05, 0) is 31.9 Å². The summed E-state index contributed by atoms with van der Waals surface area (Å²) in [5.41, 5.74) is 6.58. The predicted molar refractivity (Wildman–Crippen MR) is 52.5 cm³/mol. The van der Waals surface area contributed by atoms with Crippen LogP contribution >= 0.6 is 7.14 Å². The van der Waals surface area contributed by atoms with E-state index in [1.54, 1.807) is 19.5 Å². The summed E-state index contributed by atoms with van der Waals surface area (Å²) in [5.74, 6) is 0.392. The van der Waals surface area contributed by atoms with Crippen molar-refractivity contribution in [1.29, 1.82) is 0 Å². The molecule has 1 heterocycles. The average molecular weight is 184 g/mol. The van der Waals surface area contributed by atoms with Crippen LogP contribution in [-0.4, -0.2) is 18.3 Å². The Morgan fingerprint density at radius 3 is 2.42 bits per heavy atom. The molecule has 3 nitrogen and oxygen atoms in total. The SMILES string of the molecule is Cc1ccnc(N)c1P(C)(C)=O. The maximum Gasteiger partial charge on any atom is 0.134 e. The first-order valence-corrected chi connectivity index (χ1v) is 6.29. The number of pyridine rings is 1. The van der Waals surface area contributed by atoms with Crippen molar-refractivity contribution in [1.82, 2.24) is 4.98 Å². The number of hydrogen-bond donors (Lipinski definition) is 1. The van der Waals surface area contributed by atoms with Crippen LogP contribution in [0.25, 0.3) is 0 Å². The van der Waals surface area contributed by atoms with Crippen LogP contribution in [0.15, 0.2) is 12.3 Å². The molecule has 1 aromatic heterocycles. The smallest absolute Gasteiger partial charge is 0.134 e. The Hall–Kier alpha value is -0.820. The van der Waals surface area contributed by atoms with Gasteiger partial charge in [0.2, 0.25) is 0 Å². The lowest BCUT2D eigenvalue weighted by Gasteiger charge is -2.11. The summed E-state index contributed by atoms with van der Waals surface area (Å²) < 4.78 is 11.7. The highest BCUT2D eigenvalue weighted by Gasteiger charge is 2.17. The van der Waals surface area contributed by atoms with E-state index in [2.05, 4.69) is 4.98 Å². The molecule has 0 aliphatic rings. The molecule has 0 aliphatic carbocycles. The largest absolute Gasteiger partial charge is 0.383 e. The maximum absolute atomic E-state index is 11.7. The summed E-state index contributed by atoms with van der Waals surface area (Å²) in [6, 6.07) is 1.82. The number of nitrogen functional groups attached to an aromatic ring is 1. The van der Waals surface area contributed by atoms with Crippen LogP contribution in [0.3, 0.4) is 0 Å². The van der Waals surface area contributed by atoms with Crippen molar-refractivity contribution in [3.8, 4) is 0 Å². The van der Waals surface area contributed by atoms with E-state index in [1.165, 1.54) is 0 Å². The molecule has 0 radical (unpaired) electrons. The van der Waals surface area contributed by atoms with Gasteiger partial charge in [-0.15, -0.1) is 0 Å². The summed E-state index contributed by atoms with van der Waals surface area (Å²) in [5, 5.41) is 0.713. The van der Waals surface area contributed by atoms with Gasteiger partial charge in [-0.1, -0.05) is 0 Å². The molecule has 0 aromatic carbocycles. The Balaban J connectivity index is 3.42. The van der Waals surface area contributed by atoms with Gasteiger partial charge in [0.25, 0.3) is 0 Å². The molecule has 0 saturated heterocycles. The van der Waals surface area contributed by atoms with Crippen LogP contribution < -0.4 is 11.0 Å². The quantitative estimate of drug-likeness (QED) is 0.667. The third kappa shape index (κ3) is 1.67. The number of aryl methyl sites for hydroxylation is 1. The second kappa shape index (κ2) is 2.91. The van der Waals surface area contributed by atoms with Gasteiger partial charge >= 0.3 is 0 Å². The van der Waals surface area contributed by atoms with Crippen molar-refractivity contribution in [3.63, 3.8) is 0 Å². The van der Waals surface area contributed by atoms with E-state index in [0.29, 0.717) is 11.1 Å². The minimum atomic E-state index is -2.28. The molecule has 0 fully saturated rings. The van der Waals surface area contributed by atoms with Gasteiger partial charge in [-0.2, -0.15) is 0 Å². The lowest BCUT2D eigenvalue weighted by atomic mass is 10.3. The number of nitrogens with zero attached hydrogens (tertiary/aromatic N) is 1. The molecule has 1 aromatic rings. The highest BCUT2D eigenvalue weighted by Crippen LogP contribution is 2.37. The highest BCUT2D eigenvalue weighted by atomic mass is 31.2. The molecule has 0 amide bonds. The fourth-order valence-corrected chi connectivity index (χ4v) is 2.81. The summed E-state index contributed by atoms with van der Waals surface area (Å²) in [6.45, 7) is 5.30. The number of nitrogens with two attached hydrogens (primary N) is 1. The monoisotopic (exact) mass is 184 g/mol. The molecule has 2 N–H and O–H groups in total. The molecular formula is C8H13N2OP. The standard InChI is InChI=1S/C8H13N2OP/c1-6-4-5-10-8(9)7(6)12(2,3)11/h4-5H,1-3H3,(H2,9,10). The topological polar surface area (TPSA) is 56.0 Å². The zero-order valence-corrected chi connectivity index (χ0v) is 8.43. The van der Waals surface area contributed by atoms with Crippen LogP contribution in [-0.2, 0) is 4.57 Å². The van der Waals surface area contributed by atoms with Gasteiger partial charge in [-0.3, -0.25) is 0 Å². The summed E-state index contributed by atoms with van der Waals surface area (Å²) >= 11 is 0. The summed E-state index contributed by atoms with van der Waals surface area (Å²) in [7, 11) is -2.28. The predicted octanol–water partition coefficient (Wildman–Crippen LogP) is 1.22. The van der Waals surface area contributed by atoms with Gasteiger partial charge in [0.1, 0.15) is 13.0 Å². The van der Waals surface area contributed by atoms with Crippen molar-refractivity contribution in [2.24, 2.45) is 0 Å². The van der Waals surface area contributed by atoms with E-state index < -0.39 is 7.14 Å². The number of aromatic nitrogens is 1. The van der Waals surface area contributed by atoms with E-state index in [-0.39, 0.29) is 0 Å². The van der Waals surface area contributed by atoms with Crippen LogP contribution in [0.5, 0.6) is 0 Å². The van der Waals surface area contributed by atoms with Gasteiger partial charge in [-0.25, -0.2) is 4.98 Å². The minimum absolute atomic E-state index is 0.392. The Morgan fingerprint density at radius 2 is 2.08 bits per heavy atom. The number of anilines is 1. The van der Waals surface area contributed by atoms with Gasteiger partial charge in [0.05, 0.1) is 5.30 Å². The fraction of sp³-hybridized carbons (Fsp3) is 0.375. The first-order valence-electron chi connectivity index (χ1n) is 3.69. The van der Waals surface area contributed by atoms with Gasteiger partial charge in [0.15, 0.2) is 0 Å². The highest BCUT2D eigenvalue weighted by molar-refractivity contribution is 7.70. The van der Waals surface area contributed by atoms with Crippen molar-refractivity contribution < 1.29 is 4.57 Å². The molecule has 0 spiro atoms. The minimum Gasteiger partial charge on any atom is -0.383 e. The van der Waals surface area contributed by atoms with E-state index in [9.17, 15) is 4.57 Å². The third-order valence-electron chi connectivity index (χ3n) is 1.69. The van der Waals surface area contributed by atoms with E-state index >= 15 is 0 Å². The molecule has 0 saturated carbocycles. The molecule has 0 aliphatic heterocycles. The Morgan fingerprint density at radius 1 is 1.50 bits per heavy atom. The average Bonchev–Trinajstić information content (AvgIpc) is 1.82. The van der Waals surface area contributed by atoms with Crippen molar-refractivity contribution in [2.45, 2.75) is 6.92 Å². The molecule has 66 valence electrons. The lowest BCUT2D eigenvalue weighted by Crippen LogP contribution is -2.14. The maximum atomic E-state index is 11.7. The van der Waals surface area contributed by atoms with Crippen LogP contribution in [0.4, 0.5) is 5.82 Å². The molecular weight excluding hydrogens is 171 g/mol. The molecule has 1 rings (SSSR count). The van der Waals surface area contributed by atoms with Crippen molar-refractivity contribution in [2.75, 3.05) is 19.1 Å². The summed E-state index contributed by atoms with van der Waals surface area (Å²) in [4.78, 5) is 3.91. The van der Waals surface area contributed by atoms with Crippen molar-refractivity contribution >= 4 is 18.3 Å². The molecule has 12 heavy (non-hydrogen) atoms. The molecule has 0 unspecified atom stereocenters. The van der Waals surface area contributed by atoms with Gasteiger partial charge < -0.3 is 10.3 Å². The first kappa shape index (κ1) is 9.27. The van der Waals surface area contributed by atoms with Crippen LogP contribution in [0.2, 0.25) is 0 Å². The number of rotatable bonds is 1. The Labute approximate surface area is 72.4 Å². The van der Waals surface area contributed by atoms with E-state index in [4.69, 9.17) is 5.73 Å². The lowest BCUT2D eigenvalue weighted by molar-refractivity contribution is 0.588. The van der Waals surface area contributed by atoms with Crippen LogP contribution in [0, 0.1) is 6.92 Å². The van der Waals surface area contributed by atoms with Crippen molar-refractivity contribution in [3.05, 3.63) is 17.8 Å². The second-order valence-corrected chi connectivity index (χ2v) is 6.36. The summed E-state index contributed by atoms with van der Waals surface area (Å²) in [6.07, 6.45) is 1.63. The molecule has 4 heteroatoms. The zero-order valence-electron chi connectivity index (χ0n) is 7.53. The Kier molecular flexibility index (Phi) is 2.25. The second-order valence-electron chi connectivity index (χ2n) is 3.21. The zero-order chi connectivity index (χ0) is 9.35. The van der Waals surface area contributed by atoms with E-state index in [0.717, 1.165) is 5.56 Å². The fourth-order valence-electron chi connectivity index (χ4n) is 1.27. The Bertz CT molecular complexity index is 323. The first-order chi connectivity index (χ1) is 5.43. The van der Waals surface area contributed by atoms with Crippen LogP contribution in [0.1, 0.15) is 5.56 Å². The number of hydrogen-bond acceptors (Lipinski definition) is 3. The molecule has 0 atom stereocenters. The molecule has 0 bridgehead atoms. The van der Waals surface area contributed by atoms with Gasteiger partial charge in [0, 0.05) is 6.20 Å². The normalized spacial score (nSPS) is 11.6. The van der Waals surface area contributed by atoms with E-state index in [1.807, 2.05) is 13.0 Å².